The zero-order valence-corrected chi connectivity index (χ0v) is 16.9. The molecule has 0 aliphatic carbocycles. The van der Waals surface area contributed by atoms with Crippen LogP contribution in [0.2, 0.25) is 0 Å². The van der Waals surface area contributed by atoms with Gasteiger partial charge in [-0.05, 0) is 47.1 Å². The van der Waals surface area contributed by atoms with Crippen LogP contribution in [0.5, 0.6) is 5.75 Å². The maximum Gasteiger partial charge on any atom is 0.267 e. The largest absolute Gasteiger partial charge is 0.479 e. The molecule has 2 N–H and O–H groups in total. The second kappa shape index (κ2) is 8.88. The second-order valence-electron chi connectivity index (χ2n) is 6.27. The highest BCUT2D eigenvalue weighted by Crippen LogP contribution is 2.33. The molecule has 0 unspecified atom stereocenters. The Morgan fingerprint density at radius 2 is 1.82 bits per heavy atom. The highest BCUT2D eigenvalue weighted by molar-refractivity contribution is 9.10. The molecule has 0 spiro atoms. The number of nitrogens with one attached hydrogen (secondary N) is 2. The van der Waals surface area contributed by atoms with Gasteiger partial charge >= 0.3 is 0 Å². The summed E-state index contributed by atoms with van der Waals surface area (Å²) in [4.78, 5) is 38.1. The van der Waals surface area contributed by atoms with Gasteiger partial charge in [0, 0.05) is 17.4 Å². The lowest BCUT2D eigenvalue weighted by atomic mass is 10.1. The number of carbonyl (C=O) groups is 3. The van der Waals surface area contributed by atoms with Gasteiger partial charge in [-0.2, -0.15) is 0 Å². The Labute approximate surface area is 171 Å². The molecule has 0 fully saturated rings. The summed E-state index contributed by atoms with van der Waals surface area (Å²) in [5.41, 5.74) is 1.27. The molecule has 2 aromatic rings. The maximum absolute atomic E-state index is 12.4. The summed E-state index contributed by atoms with van der Waals surface area (Å²) in [5, 5.41) is 5.29. The molecule has 7 nitrogen and oxygen atoms in total. The van der Waals surface area contributed by atoms with E-state index in [0.717, 1.165) is 4.47 Å². The number of nitrogens with zero attached hydrogens (tertiary/aromatic N) is 1. The maximum atomic E-state index is 12.4. The summed E-state index contributed by atoms with van der Waals surface area (Å²) < 4.78 is 6.34. The Morgan fingerprint density at radius 1 is 1.11 bits per heavy atom. The first-order valence-electron chi connectivity index (χ1n) is 8.84. The first-order chi connectivity index (χ1) is 13.5. The van der Waals surface area contributed by atoms with Crippen molar-refractivity contribution in [2.75, 3.05) is 23.3 Å². The number of ether oxygens (including phenoxy) is 1. The van der Waals surface area contributed by atoms with Crippen molar-refractivity contribution in [3.63, 3.8) is 0 Å². The summed E-state index contributed by atoms with van der Waals surface area (Å²) in [6.45, 7) is 1.74. The third-order valence-corrected chi connectivity index (χ3v) is 4.92. The summed E-state index contributed by atoms with van der Waals surface area (Å²) >= 11 is 3.35. The Hall–Kier alpha value is -2.87. The van der Waals surface area contributed by atoms with E-state index in [0.29, 0.717) is 17.1 Å². The fraction of sp³-hybridized carbons (Fsp3) is 0.250. The smallest absolute Gasteiger partial charge is 0.267 e. The van der Waals surface area contributed by atoms with Gasteiger partial charge in [0.25, 0.3) is 5.91 Å². The average molecular weight is 446 g/mol. The van der Waals surface area contributed by atoms with Crippen molar-refractivity contribution in [1.82, 2.24) is 5.32 Å². The lowest BCUT2D eigenvalue weighted by molar-refractivity contribution is -0.126. The van der Waals surface area contributed by atoms with E-state index in [-0.39, 0.29) is 37.2 Å². The van der Waals surface area contributed by atoms with Crippen molar-refractivity contribution in [2.45, 2.75) is 19.4 Å². The van der Waals surface area contributed by atoms with Crippen LogP contribution in [-0.4, -0.2) is 36.9 Å². The first-order valence-corrected chi connectivity index (χ1v) is 9.63. The minimum Gasteiger partial charge on any atom is -0.479 e. The van der Waals surface area contributed by atoms with E-state index >= 15 is 0 Å². The SMILES string of the molecule is C[C@@H]1Oc2ccccc2N(CCC(=O)NCC(=O)Nc2ccccc2Br)C1=O. The lowest BCUT2D eigenvalue weighted by Crippen LogP contribution is -2.46. The number of anilines is 2. The van der Waals surface area contributed by atoms with Crippen LogP contribution in [0.25, 0.3) is 0 Å². The molecule has 1 aliphatic heterocycles. The fourth-order valence-electron chi connectivity index (χ4n) is 2.83. The molecule has 0 radical (unpaired) electrons. The third-order valence-electron chi connectivity index (χ3n) is 4.23. The first kappa shape index (κ1) is 19.9. The predicted octanol–water partition coefficient (Wildman–Crippen LogP) is 2.71. The molecule has 0 saturated carbocycles. The molecule has 0 bridgehead atoms. The number of para-hydroxylation sites is 3. The van der Waals surface area contributed by atoms with Crippen LogP contribution in [0, 0.1) is 0 Å². The number of amides is 3. The van der Waals surface area contributed by atoms with Crippen molar-refractivity contribution in [3.8, 4) is 5.75 Å². The number of rotatable bonds is 6. The van der Waals surface area contributed by atoms with Crippen molar-refractivity contribution < 1.29 is 19.1 Å². The number of benzene rings is 2. The number of fused-ring (bicyclic) bond motifs is 1. The quantitative estimate of drug-likeness (QED) is 0.715. The summed E-state index contributed by atoms with van der Waals surface area (Å²) in [7, 11) is 0. The molecule has 28 heavy (non-hydrogen) atoms. The van der Waals surface area contributed by atoms with E-state index in [9.17, 15) is 14.4 Å². The van der Waals surface area contributed by atoms with E-state index in [1.54, 1.807) is 36.1 Å². The normalized spacial score (nSPS) is 15.4. The van der Waals surface area contributed by atoms with E-state index in [4.69, 9.17) is 4.74 Å². The zero-order chi connectivity index (χ0) is 20.1. The van der Waals surface area contributed by atoms with E-state index in [1.165, 1.54) is 0 Å². The fourth-order valence-corrected chi connectivity index (χ4v) is 3.21. The van der Waals surface area contributed by atoms with Crippen LogP contribution < -0.4 is 20.3 Å². The zero-order valence-electron chi connectivity index (χ0n) is 15.3. The van der Waals surface area contributed by atoms with E-state index in [1.807, 2.05) is 24.3 Å². The summed E-state index contributed by atoms with van der Waals surface area (Å²) in [6, 6.07) is 14.4. The lowest BCUT2D eigenvalue weighted by Gasteiger charge is -2.32. The molecular weight excluding hydrogens is 426 g/mol. The second-order valence-corrected chi connectivity index (χ2v) is 7.13. The molecule has 1 heterocycles. The number of carbonyl (C=O) groups excluding carboxylic acids is 3. The van der Waals surface area contributed by atoms with E-state index < -0.39 is 6.10 Å². The molecule has 0 aromatic heterocycles. The Balaban J connectivity index is 1.51. The topological polar surface area (TPSA) is 87.7 Å². The van der Waals surface area contributed by atoms with Crippen LogP contribution in [0.1, 0.15) is 13.3 Å². The Bertz CT molecular complexity index is 903. The van der Waals surface area contributed by atoms with Crippen molar-refractivity contribution in [3.05, 3.63) is 53.0 Å². The monoisotopic (exact) mass is 445 g/mol. The van der Waals surface area contributed by atoms with Crippen molar-refractivity contribution in [2.24, 2.45) is 0 Å². The van der Waals surface area contributed by atoms with Gasteiger partial charge in [0.05, 0.1) is 17.9 Å². The van der Waals surface area contributed by atoms with Gasteiger partial charge < -0.3 is 20.3 Å². The molecule has 146 valence electrons. The van der Waals surface area contributed by atoms with E-state index in [2.05, 4.69) is 26.6 Å². The molecule has 3 rings (SSSR count). The molecule has 8 heteroatoms. The molecule has 1 atom stereocenters. The Kier molecular flexibility index (Phi) is 6.30. The van der Waals surface area contributed by atoms with Gasteiger partial charge in [-0.25, -0.2) is 0 Å². The highest BCUT2D eigenvalue weighted by atomic mass is 79.9. The molecule has 2 aromatic carbocycles. The van der Waals surface area contributed by atoms with Gasteiger partial charge in [-0.3, -0.25) is 14.4 Å². The average Bonchev–Trinajstić information content (AvgIpc) is 2.68. The summed E-state index contributed by atoms with van der Waals surface area (Å²) in [5.74, 6) is -0.227. The number of halogens is 1. The third kappa shape index (κ3) is 4.69. The van der Waals surface area contributed by atoms with Gasteiger partial charge in [0.15, 0.2) is 6.10 Å². The van der Waals surface area contributed by atoms with Gasteiger partial charge in [-0.15, -0.1) is 0 Å². The number of hydrogen-bond acceptors (Lipinski definition) is 4. The van der Waals surface area contributed by atoms with Crippen molar-refractivity contribution >= 4 is 45.0 Å². The van der Waals surface area contributed by atoms with Gasteiger partial charge in [0.2, 0.25) is 11.8 Å². The molecular formula is C20H20BrN3O4. The van der Waals surface area contributed by atoms with Gasteiger partial charge in [0.1, 0.15) is 5.75 Å². The number of hydrogen-bond donors (Lipinski definition) is 2. The standard InChI is InChI=1S/C20H20BrN3O4/c1-13-20(27)24(16-8-4-5-9-17(16)28-13)11-10-18(25)22-12-19(26)23-15-7-3-2-6-14(15)21/h2-9,13H,10-12H2,1H3,(H,22,25)(H,23,26)/t13-/m0/s1. The van der Waals surface area contributed by atoms with Crippen LogP contribution >= 0.6 is 15.9 Å². The van der Waals surface area contributed by atoms with Crippen LogP contribution in [0.4, 0.5) is 11.4 Å². The Morgan fingerprint density at radius 3 is 2.61 bits per heavy atom. The highest BCUT2D eigenvalue weighted by Gasteiger charge is 2.31. The predicted molar refractivity (Wildman–Crippen MR) is 109 cm³/mol. The van der Waals surface area contributed by atoms with Crippen LogP contribution in [-0.2, 0) is 14.4 Å². The minimum absolute atomic E-state index is 0.0785. The molecule has 1 aliphatic rings. The minimum atomic E-state index is -0.604. The molecule has 3 amide bonds. The van der Waals surface area contributed by atoms with Gasteiger partial charge in [-0.1, -0.05) is 24.3 Å². The van der Waals surface area contributed by atoms with Crippen molar-refractivity contribution in [1.29, 1.82) is 0 Å². The summed E-state index contributed by atoms with van der Waals surface area (Å²) in [6.07, 6.45) is -0.525. The van der Waals surface area contributed by atoms with Crippen LogP contribution in [0.15, 0.2) is 53.0 Å². The molecule has 0 saturated heterocycles. The van der Waals surface area contributed by atoms with Crippen LogP contribution in [0.3, 0.4) is 0 Å².